The number of ether oxygens (including phenoxy) is 1. The van der Waals surface area contributed by atoms with Gasteiger partial charge in [-0.15, -0.1) is 0 Å². The number of aldehydes is 1. The maximum atomic E-state index is 13.3. The third-order valence-electron chi connectivity index (χ3n) is 1.57. The van der Waals surface area contributed by atoms with Gasteiger partial charge in [-0.3, -0.25) is 4.79 Å². The van der Waals surface area contributed by atoms with Gasteiger partial charge in [0.1, 0.15) is 5.82 Å². The number of hydrogen-bond acceptors (Lipinski definition) is 2. The van der Waals surface area contributed by atoms with Crippen molar-refractivity contribution in [2.24, 2.45) is 0 Å². The molecule has 0 aliphatic rings. The predicted molar refractivity (Wildman–Crippen MR) is 47.5 cm³/mol. The van der Waals surface area contributed by atoms with Crippen molar-refractivity contribution < 1.29 is 18.3 Å². The topological polar surface area (TPSA) is 26.3 Å². The lowest BCUT2D eigenvalue weighted by Crippen LogP contribution is -2.08. The van der Waals surface area contributed by atoms with Gasteiger partial charge in [0, 0.05) is 0 Å². The van der Waals surface area contributed by atoms with Crippen LogP contribution in [0.15, 0.2) is 12.1 Å². The zero-order valence-corrected chi connectivity index (χ0v) is 7.88. The number of halogens is 2. The highest BCUT2D eigenvalue weighted by Crippen LogP contribution is 2.22. The molecule has 1 aromatic rings. The molecule has 0 spiro atoms. The summed E-state index contributed by atoms with van der Waals surface area (Å²) in [7, 11) is 0. The zero-order valence-electron chi connectivity index (χ0n) is 7.88. The summed E-state index contributed by atoms with van der Waals surface area (Å²) < 4.78 is 31.2. The molecule has 0 bridgehead atoms. The Kier molecular flexibility index (Phi) is 3.17. The monoisotopic (exact) mass is 200 g/mol. The summed E-state index contributed by atoms with van der Waals surface area (Å²) in [4.78, 5) is 10.4. The molecule has 1 rings (SSSR count). The standard InChI is InChI=1S/C10H10F2O2/c1-6(2)14-9-4-3-8(11)7(5-13)10(9)12/h3-6H,1-2H3. The molecule has 0 aliphatic heterocycles. The van der Waals surface area contributed by atoms with Gasteiger partial charge in [-0.25, -0.2) is 8.78 Å². The minimum atomic E-state index is -0.950. The van der Waals surface area contributed by atoms with Gasteiger partial charge in [-0.05, 0) is 26.0 Å². The molecule has 14 heavy (non-hydrogen) atoms. The highest BCUT2D eigenvalue weighted by Gasteiger charge is 2.14. The van der Waals surface area contributed by atoms with Crippen molar-refractivity contribution in [1.29, 1.82) is 0 Å². The van der Waals surface area contributed by atoms with Crippen molar-refractivity contribution >= 4 is 6.29 Å². The summed E-state index contributed by atoms with van der Waals surface area (Å²) in [6.07, 6.45) is -0.0906. The van der Waals surface area contributed by atoms with Gasteiger partial charge in [0.2, 0.25) is 0 Å². The highest BCUT2D eigenvalue weighted by molar-refractivity contribution is 5.76. The first-order valence-corrected chi connectivity index (χ1v) is 4.16. The number of carbonyl (C=O) groups is 1. The molecular weight excluding hydrogens is 190 g/mol. The van der Waals surface area contributed by atoms with Crippen molar-refractivity contribution in [1.82, 2.24) is 0 Å². The van der Waals surface area contributed by atoms with Crippen LogP contribution in [0.2, 0.25) is 0 Å². The molecule has 76 valence electrons. The molecule has 4 heteroatoms. The summed E-state index contributed by atoms with van der Waals surface area (Å²) >= 11 is 0. The molecule has 1 aromatic carbocycles. The lowest BCUT2D eigenvalue weighted by molar-refractivity contribution is 0.111. The third-order valence-corrected chi connectivity index (χ3v) is 1.57. The maximum Gasteiger partial charge on any atom is 0.178 e. The Balaban J connectivity index is 3.14. The zero-order chi connectivity index (χ0) is 10.7. The molecule has 0 N–H and O–H groups in total. The molecule has 0 unspecified atom stereocenters. The minimum absolute atomic E-state index is 0.108. The Hall–Kier alpha value is -1.45. The SMILES string of the molecule is CC(C)Oc1ccc(F)c(C=O)c1F. The molecule has 0 radical (unpaired) electrons. The van der Waals surface area contributed by atoms with Crippen LogP contribution in [-0.2, 0) is 0 Å². The second-order valence-corrected chi connectivity index (χ2v) is 3.06. The van der Waals surface area contributed by atoms with E-state index in [2.05, 4.69) is 0 Å². The van der Waals surface area contributed by atoms with Crippen LogP contribution < -0.4 is 4.74 Å². The summed E-state index contributed by atoms with van der Waals surface area (Å²) in [6, 6.07) is 2.17. The molecule has 0 saturated heterocycles. The van der Waals surface area contributed by atoms with E-state index in [-0.39, 0.29) is 18.1 Å². The average Bonchev–Trinajstić information content (AvgIpc) is 2.10. The van der Waals surface area contributed by atoms with E-state index >= 15 is 0 Å². The summed E-state index contributed by atoms with van der Waals surface area (Å²) in [5.74, 6) is -1.94. The lowest BCUT2D eigenvalue weighted by Gasteiger charge is -2.11. The van der Waals surface area contributed by atoms with E-state index in [1.165, 1.54) is 0 Å². The van der Waals surface area contributed by atoms with E-state index in [0.717, 1.165) is 12.1 Å². The molecule has 0 saturated carbocycles. The Labute approximate surface area is 80.5 Å². The third kappa shape index (κ3) is 2.07. The number of hydrogen-bond donors (Lipinski definition) is 0. The van der Waals surface area contributed by atoms with Gasteiger partial charge in [-0.2, -0.15) is 0 Å². The van der Waals surface area contributed by atoms with E-state index in [1.54, 1.807) is 13.8 Å². The normalized spacial score (nSPS) is 10.4. The summed E-state index contributed by atoms with van der Waals surface area (Å²) in [5.41, 5.74) is -0.594. The smallest absolute Gasteiger partial charge is 0.178 e. The highest BCUT2D eigenvalue weighted by atomic mass is 19.1. The molecule has 0 atom stereocenters. The molecular formula is C10H10F2O2. The molecule has 0 heterocycles. The fraction of sp³-hybridized carbons (Fsp3) is 0.300. The first-order valence-electron chi connectivity index (χ1n) is 4.16. The van der Waals surface area contributed by atoms with Crippen molar-refractivity contribution in [3.05, 3.63) is 29.3 Å². The van der Waals surface area contributed by atoms with Crippen LogP contribution in [0.3, 0.4) is 0 Å². The van der Waals surface area contributed by atoms with Crippen molar-refractivity contribution in [2.75, 3.05) is 0 Å². The molecule has 0 amide bonds. The van der Waals surface area contributed by atoms with Gasteiger partial charge < -0.3 is 4.74 Å². The van der Waals surface area contributed by atoms with Gasteiger partial charge in [0.25, 0.3) is 0 Å². The van der Waals surface area contributed by atoms with Crippen molar-refractivity contribution in [3.8, 4) is 5.75 Å². The van der Waals surface area contributed by atoms with E-state index < -0.39 is 17.2 Å². The second-order valence-electron chi connectivity index (χ2n) is 3.06. The molecule has 2 nitrogen and oxygen atoms in total. The fourth-order valence-corrected chi connectivity index (χ4v) is 1.00. The quantitative estimate of drug-likeness (QED) is 0.701. The average molecular weight is 200 g/mol. The lowest BCUT2D eigenvalue weighted by atomic mass is 10.2. The molecule has 0 fully saturated rings. The Morgan fingerprint density at radius 3 is 2.50 bits per heavy atom. The maximum absolute atomic E-state index is 13.3. The van der Waals surface area contributed by atoms with Gasteiger partial charge in [0.05, 0.1) is 11.7 Å². The van der Waals surface area contributed by atoms with Crippen LogP contribution in [0.1, 0.15) is 24.2 Å². The number of benzene rings is 1. The Bertz CT molecular complexity index is 348. The molecule has 0 aliphatic carbocycles. The predicted octanol–water partition coefficient (Wildman–Crippen LogP) is 2.56. The van der Waals surface area contributed by atoms with E-state index in [1.807, 2.05) is 0 Å². The van der Waals surface area contributed by atoms with Crippen LogP contribution >= 0.6 is 0 Å². The van der Waals surface area contributed by atoms with Gasteiger partial charge in [-0.1, -0.05) is 0 Å². The van der Waals surface area contributed by atoms with Crippen molar-refractivity contribution in [2.45, 2.75) is 20.0 Å². The first kappa shape index (κ1) is 10.6. The van der Waals surface area contributed by atoms with E-state index in [9.17, 15) is 13.6 Å². The summed E-state index contributed by atoms with van der Waals surface area (Å²) in [6.45, 7) is 3.42. The number of carbonyl (C=O) groups excluding carboxylic acids is 1. The van der Waals surface area contributed by atoms with Crippen molar-refractivity contribution in [3.63, 3.8) is 0 Å². The fourth-order valence-electron chi connectivity index (χ4n) is 1.00. The Morgan fingerprint density at radius 1 is 1.36 bits per heavy atom. The van der Waals surface area contributed by atoms with Crippen LogP contribution in [-0.4, -0.2) is 12.4 Å². The number of rotatable bonds is 3. The second kappa shape index (κ2) is 4.17. The summed E-state index contributed by atoms with van der Waals surface area (Å²) in [5, 5.41) is 0. The van der Waals surface area contributed by atoms with Gasteiger partial charge in [0.15, 0.2) is 17.9 Å². The van der Waals surface area contributed by atoms with E-state index in [4.69, 9.17) is 4.74 Å². The minimum Gasteiger partial charge on any atom is -0.488 e. The van der Waals surface area contributed by atoms with E-state index in [0.29, 0.717) is 0 Å². The Morgan fingerprint density at radius 2 is 2.00 bits per heavy atom. The largest absolute Gasteiger partial charge is 0.488 e. The van der Waals surface area contributed by atoms with Crippen LogP contribution in [0.5, 0.6) is 5.75 Å². The first-order chi connectivity index (χ1) is 6.56. The van der Waals surface area contributed by atoms with Crippen LogP contribution in [0.4, 0.5) is 8.78 Å². The van der Waals surface area contributed by atoms with Gasteiger partial charge >= 0.3 is 0 Å². The van der Waals surface area contributed by atoms with Crippen LogP contribution in [0, 0.1) is 11.6 Å². The van der Waals surface area contributed by atoms with Crippen LogP contribution in [0.25, 0.3) is 0 Å². The molecule has 0 aromatic heterocycles.